The topological polar surface area (TPSA) is 300 Å². The predicted molar refractivity (Wildman–Crippen MR) is 407 cm³/mol. The molecule has 12 atom stereocenters. The van der Waals surface area contributed by atoms with Gasteiger partial charge in [0.15, 0.2) is 0 Å². The number of alkyl halides is 5. The molecule has 5 aliphatic heterocycles. The summed E-state index contributed by atoms with van der Waals surface area (Å²) in [7, 11) is 9.55. The molecule has 2 bridgehead atoms. The molecule has 8 aliphatic rings. The van der Waals surface area contributed by atoms with E-state index < -0.39 is 235 Å². The average Bonchev–Trinajstić information content (AvgIpc) is 1.74. The Balaban J connectivity index is 1.14. The van der Waals surface area contributed by atoms with Crippen molar-refractivity contribution in [1.29, 1.82) is 0 Å². The molecule has 5 saturated heterocycles. The van der Waals surface area contributed by atoms with Gasteiger partial charge in [-0.2, -0.15) is 13.2 Å². The van der Waals surface area contributed by atoms with Crippen molar-refractivity contribution in [3.05, 3.63) is 34.3 Å². The van der Waals surface area contributed by atoms with Crippen LogP contribution in [0.2, 0.25) is 5.02 Å². The molecule has 33 heteroatoms. The van der Waals surface area contributed by atoms with Gasteiger partial charge in [0.05, 0.1) is 55.3 Å². The maximum Gasteiger partial charge on any atom is 0.417 e. The van der Waals surface area contributed by atoms with Crippen LogP contribution in [0, 0.1) is 23.7 Å². The van der Waals surface area contributed by atoms with Crippen molar-refractivity contribution in [2.24, 2.45) is 23.7 Å². The third kappa shape index (κ3) is 20.7. The van der Waals surface area contributed by atoms with Crippen LogP contribution in [0.25, 0.3) is 0 Å². The highest BCUT2D eigenvalue weighted by atomic mass is 35.5. The number of fused-ring (bicyclic) bond motifs is 3. The lowest BCUT2D eigenvalue weighted by Gasteiger charge is -2.45. The van der Waals surface area contributed by atoms with Crippen molar-refractivity contribution in [3.63, 3.8) is 0 Å². The zero-order valence-corrected chi connectivity index (χ0v) is 68.5. The maximum absolute atomic E-state index is 16.1. The van der Waals surface area contributed by atoms with Crippen LogP contribution < -0.4 is 16.0 Å². The number of morpholine rings is 1. The van der Waals surface area contributed by atoms with Crippen LogP contribution in [0.1, 0.15) is 200 Å². The highest BCUT2D eigenvalue weighted by Gasteiger charge is 2.54. The summed E-state index contributed by atoms with van der Waals surface area (Å²) in [6.07, 6.45) is 0.437. The lowest BCUT2D eigenvalue weighted by molar-refractivity contribution is -0.160. The van der Waals surface area contributed by atoms with Gasteiger partial charge in [0.25, 0.3) is 5.92 Å². The van der Waals surface area contributed by atoms with Crippen LogP contribution in [-0.4, -0.2) is 292 Å². The SMILES string of the molecule is CC[C@H](C)[C@@H]1NC(=O)[C@H](CC(C)C)N(C)C(=O)C[C@@H](C(=O)N2C3CCC2COC3)N(C)C(=O)[C@H](C2CCCC2)N(C)C(=O)C2(CCCC2)NC(=O)[C@H](CC(=O)N2CCC(F)(F)CC2)N(C)C(=O)[C@H](CCc2ccc(C(F)(F)F)c(Cl)c2)NC(=O)CN(C)C(=O)[C@H](CC2CCCCC2)N(C)C(=O)[C@@H]2CCN2C(=O)[C@H](C)N(C)C1=O. The molecule has 3 saturated carbocycles. The molecule has 630 valence electrons. The highest BCUT2D eigenvalue weighted by molar-refractivity contribution is 6.31. The Bertz CT molecular complexity index is 3640. The number of piperidine rings is 1. The number of carbonyl (C=O) groups is 13. The molecule has 8 fully saturated rings. The number of aryl methyl sites for hydroxylation is 1. The molecular formula is C80H119ClF5N13O14. The van der Waals surface area contributed by atoms with Crippen molar-refractivity contribution in [2.75, 3.05) is 88.7 Å². The van der Waals surface area contributed by atoms with Gasteiger partial charge in [-0.3, -0.25) is 62.3 Å². The third-order valence-electron chi connectivity index (χ3n) is 25.7. The van der Waals surface area contributed by atoms with Gasteiger partial charge in [-0.05, 0) is 119 Å². The lowest BCUT2D eigenvalue weighted by Crippen LogP contribution is -2.66. The van der Waals surface area contributed by atoms with E-state index in [9.17, 15) is 36.3 Å². The second-order valence-electron chi connectivity index (χ2n) is 33.8. The number of carbonyl (C=O) groups excluding carboxylic acids is 13. The summed E-state index contributed by atoms with van der Waals surface area (Å²) < 4.78 is 77.6. The van der Waals surface area contributed by atoms with E-state index in [1.807, 2.05) is 20.8 Å². The summed E-state index contributed by atoms with van der Waals surface area (Å²) in [6.45, 7) is 7.64. The van der Waals surface area contributed by atoms with Crippen molar-refractivity contribution < 1.29 is 89.0 Å². The van der Waals surface area contributed by atoms with E-state index in [0.29, 0.717) is 57.8 Å². The first-order chi connectivity index (χ1) is 53.2. The molecule has 27 nitrogen and oxygen atoms in total. The van der Waals surface area contributed by atoms with Gasteiger partial charge in [0.1, 0.15) is 59.9 Å². The van der Waals surface area contributed by atoms with E-state index >= 15 is 47.9 Å². The number of rotatable bonds is 13. The van der Waals surface area contributed by atoms with Gasteiger partial charge in [0, 0.05) is 81.8 Å². The number of amides is 13. The van der Waals surface area contributed by atoms with Gasteiger partial charge < -0.3 is 69.7 Å². The van der Waals surface area contributed by atoms with Crippen molar-refractivity contribution in [1.82, 2.24) is 64.9 Å². The molecule has 9 rings (SSSR count). The Labute approximate surface area is 665 Å². The fourth-order valence-electron chi connectivity index (χ4n) is 18.1. The number of nitrogens with zero attached hydrogens (tertiary/aromatic N) is 10. The Kier molecular flexibility index (Phi) is 29.9. The molecular weight excluding hydrogens is 1500 g/mol. The molecule has 1 aromatic carbocycles. The van der Waals surface area contributed by atoms with Gasteiger partial charge in [-0.1, -0.05) is 110 Å². The van der Waals surface area contributed by atoms with Crippen LogP contribution >= 0.6 is 11.6 Å². The van der Waals surface area contributed by atoms with Crippen LogP contribution in [0.4, 0.5) is 22.0 Å². The molecule has 3 N–H and O–H groups in total. The first-order valence-electron chi connectivity index (χ1n) is 40.7. The van der Waals surface area contributed by atoms with Gasteiger partial charge >= 0.3 is 6.18 Å². The van der Waals surface area contributed by atoms with Crippen LogP contribution in [0.15, 0.2) is 18.2 Å². The smallest absolute Gasteiger partial charge is 0.377 e. The first-order valence-corrected chi connectivity index (χ1v) is 41.1. The van der Waals surface area contributed by atoms with Crippen molar-refractivity contribution in [2.45, 2.75) is 279 Å². The van der Waals surface area contributed by atoms with E-state index in [1.54, 1.807) is 11.8 Å². The third-order valence-corrected chi connectivity index (χ3v) is 26.0. The molecule has 0 aromatic heterocycles. The normalized spacial score (nSPS) is 29.3. The largest absolute Gasteiger partial charge is 0.417 e. The second kappa shape index (κ2) is 37.9. The quantitative estimate of drug-likeness (QED) is 0.180. The van der Waals surface area contributed by atoms with Gasteiger partial charge in [-0.25, -0.2) is 8.78 Å². The summed E-state index contributed by atoms with van der Waals surface area (Å²) in [5, 5.41) is 7.87. The summed E-state index contributed by atoms with van der Waals surface area (Å²) >= 11 is 6.20. The molecule has 2 unspecified atom stereocenters. The second-order valence-corrected chi connectivity index (χ2v) is 34.2. The molecule has 5 heterocycles. The van der Waals surface area contributed by atoms with Crippen molar-refractivity contribution >= 4 is 88.4 Å². The number of hydrogen-bond acceptors (Lipinski definition) is 14. The standard InChI is InChI=1S/C80H119ClF5N13O14/c1-13-48(4)66-75(110)91(7)49(5)70(105)98-36-31-58(98)73(108)94(10)61(41-50-21-15-14-16-22-50)72(107)90(6)44-63(100)87-57(30-26-51-25-29-55(56(81)40-51)80(84,85)86)71(106)93(9)60(42-65(102)97-37-34-79(82,83)35-38-97)69(104)89-78(32-19-20-33-78)77(112)96(12)67(52-23-17-18-24-52)76(111)95(11)62(74(109)99-53-27-28-54(99)46-113-45-53)43-64(101)92(8)59(39-47(2)3)68(103)88-66/h25,29,40,47-50,52-54,57-62,66-67H,13-24,26-28,30-39,41-46H2,1-12H3,(H,87,100)(H,88,103)(H,89,104)/t48-,49-,53?,54?,57-,58-,59-,60-,61-,62-,66-,67-/m0/s1. The molecule has 0 radical (unpaired) electrons. The number of nitrogens with one attached hydrogen (secondary N) is 3. The summed E-state index contributed by atoms with van der Waals surface area (Å²) in [5.41, 5.74) is -2.83. The minimum Gasteiger partial charge on any atom is -0.377 e. The minimum atomic E-state index is -4.84. The van der Waals surface area contributed by atoms with E-state index in [4.69, 9.17) is 16.3 Å². The zero-order chi connectivity index (χ0) is 83.0. The Hall–Kier alpha value is -7.77. The number of hydrogen-bond donors (Lipinski definition) is 3. The number of likely N-dealkylation sites (tertiary alicyclic amines) is 1. The molecule has 13 amide bonds. The molecule has 113 heavy (non-hydrogen) atoms. The highest BCUT2D eigenvalue weighted by Crippen LogP contribution is 2.40. The Morgan fingerprint density at radius 3 is 1.83 bits per heavy atom. The number of halogens is 6. The Morgan fingerprint density at radius 1 is 0.646 bits per heavy atom. The fraction of sp³-hybridized carbons (Fsp3) is 0.762. The molecule has 3 aliphatic carbocycles. The number of ether oxygens (including phenoxy) is 1. The summed E-state index contributed by atoms with van der Waals surface area (Å²) in [6, 6.07) is -10.4. The van der Waals surface area contributed by atoms with Crippen LogP contribution in [-0.2, 0) is 79.7 Å². The van der Waals surface area contributed by atoms with E-state index in [1.165, 1.54) is 78.6 Å². The van der Waals surface area contributed by atoms with E-state index in [2.05, 4.69) is 16.0 Å². The van der Waals surface area contributed by atoms with Crippen LogP contribution in [0.3, 0.4) is 0 Å². The summed E-state index contributed by atoms with van der Waals surface area (Å²) in [5.74, 6) is -14.4. The minimum absolute atomic E-state index is 0.0252. The predicted octanol–water partition coefficient (Wildman–Crippen LogP) is 6.43. The lowest BCUT2D eigenvalue weighted by atomic mass is 9.84. The average molecular weight is 1620 g/mol. The summed E-state index contributed by atoms with van der Waals surface area (Å²) in [4.78, 5) is 211. The first kappa shape index (κ1) is 89.2. The van der Waals surface area contributed by atoms with Crippen LogP contribution in [0.5, 0.6) is 0 Å². The van der Waals surface area contributed by atoms with Gasteiger partial charge in [0.2, 0.25) is 76.8 Å². The molecule has 1 spiro atoms. The van der Waals surface area contributed by atoms with E-state index in [0.717, 1.165) is 72.1 Å². The fourth-order valence-corrected chi connectivity index (χ4v) is 18.4. The van der Waals surface area contributed by atoms with Crippen molar-refractivity contribution in [3.8, 4) is 0 Å². The maximum atomic E-state index is 16.1. The van der Waals surface area contributed by atoms with Gasteiger partial charge in [-0.15, -0.1) is 0 Å². The molecule has 1 aromatic rings. The van der Waals surface area contributed by atoms with E-state index in [-0.39, 0.29) is 75.7 Å². The monoisotopic (exact) mass is 1620 g/mol. The Morgan fingerprint density at radius 2 is 1.26 bits per heavy atom. The number of likely N-dealkylation sites (N-methyl/N-ethyl adjacent to an activating group) is 7. The zero-order valence-electron chi connectivity index (χ0n) is 67.8. The number of benzene rings is 1.